The number of rotatable bonds is 4. The molecule has 2 aromatic rings. The van der Waals surface area contributed by atoms with E-state index in [-0.39, 0.29) is 12.4 Å². The Kier molecular flexibility index (Phi) is 6.67. The Bertz CT molecular complexity index is 683. The fourth-order valence-corrected chi connectivity index (χ4v) is 3.80. The van der Waals surface area contributed by atoms with Gasteiger partial charge in [-0.3, -0.25) is 9.69 Å². The number of benzene rings is 1. The lowest BCUT2D eigenvalue weighted by atomic mass is 10.2. The molecule has 0 saturated carbocycles. The summed E-state index contributed by atoms with van der Waals surface area (Å²) in [5, 5.41) is 6.40. The van der Waals surface area contributed by atoms with Crippen molar-refractivity contribution >= 4 is 39.7 Å². The van der Waals surface area contributed by atoms with Crippen molar-refractivity contribution < 1.29 is 18.0 Å². The summed E-state index contributed by atoms with van der Waals surface area (Å²) in [7, 11) is 0. The Labute approximate surface area is 153 Å². The van der Waals surface area contributed by atoms with E-state index < -0.39 is 24.7 Å². The molecule has 1 aromatic heterocycles. The van der Waals surface area contributed by atoms with Crippen LogP contribution in [-0.2, 0) is 0 Å². The number of thiophene rings is 1. The van der Waals surface area contributed by atoms with E-state index in [1.165, 1.54) is 16.2 Å². The second-order valence-corrected chi connectivity index (χ2v) is 6.79. The fourth-order valence-electron chi connectivity index (χ4n) is 2.82. The molecule has 0 bridgehead atoms. The van der Waals surface area contributed by atoms with Crippen molar-refractivity contribution in [2.24, 2.45) is 0 Å². The number of fused-ring (bicyclic) bond motifs is 1. The van der Waals surface area contributed by atoms with E-state index in [0.29, 0.717) is 31.1 Å². The van der Waals surface area contributed by atoms with Gasteiger partial charge in [-0.2, -0.15) is 13.2 Å². The number of hydrogen-bond acceptors (Lipinski definition) is 4. The standard InChI is InChI=1S/C16H18F3N3OS.ClH/c17-16(18,19)14(22-7-5-20-6-8-22)10-21-15(23)13-9-11-3-1-2-4-12(11)24-13;/h1-4,9,14,20H,5-8,10H2,(H,21,23);1H. The number of nitrogens with zero attached hydrogens (tertiary/aromatic N) is 1. The summed E-state index contributed by atoms with van der Waals surface area (Å²) in [5.41, 5.74) is 0. The molecule has 9 heteroatoms. The first kappa shape index (κ1) is 20.0. The minimum Gasteiger partial charge on any atom is -0.349 e. The predicted octanol–water partition coefficient (Wildman–Crippen LogP) is 2.89. The zero-order valence-electron chi connectivity index (χ0n) is 13.3. The van der Waals surface area contributed by atoms with E-state index in [2.05, 4.69) is 10.6 Å². The molecule has 1 aliphatic rings. The van der Waals surface area contributed by atoms with Crippen molar-refractivity contribution in [2.45, 2.75) is 12.2 Å². The summed E-state index contributed by atoms with van der Waals surface area (Å²) in [4.78, 5) is 14.0. The molecule has 1 saturated heterocycles. The lowest BCUT2D eigenvalue weighted by Gasteiger charge is -2.35. The highest BCUT2D eigenvalue weighted by Gasteiger charge is 2.43. The first-order valence-electron chi connectivity index (χ1n) is 7.73. The van der Waals surface area contributed by atoms with Crippen LogP contribution in [0.2, 0.25) is 0 Å². The molecule has 3 rings (SSSR count). The van der Waals surface area contributed by atoms with Crippen LogP contribution in [-0.4, -0.2) is 55.7 Å². The highest BCUT2D eigenvalue weighted by molar-refractivity contribution is 7.20. The van der Waals surface area contributed by atoms with E-state index in [0.717, 1.165) is 10.1 Å². The van der Waals surface area contributed by atoms with Crippen molar-refractivity contribution in [1.82, 2.24) is 15.5 Å². The number of carbonyl (C=O) groups is 1. The van der Waals surface area contributed by atoms with Gasteiger partial charge in [-0.05, 0) is 17.5 Å². The van der Waals surface area contributed by atoms with Crippen LogP contribution in [0.4, 0.5) is 13.2 Å². The van der Waals surface area contributed by atoms with Crippen LogP contribution < -0.4 is 10.6 Å². The molecule has 138 valence electrons. The Morgan fingerprint density at radius 3 is 2.60 bits per heavy atom. The van der Waals surface area contributed by atoms with E-state index in [4.69, 9.17) is 0 Å². The number of amides is 1. The Hall–Kier alpha value is -1.35. The average Bonchev–Trinajstić information content (AvgIpc) is 2.99. The fraction of sp³-hybridized carbons (Fsp3) is 0.438. The molecule has 0 spiro atoms. The van der Waals surface area contributed by atoms with E-state index in [1.54, 1.807) is 6.07 Å². The van der Waals surface area contributed by atoms with Gasteiger partial charge in [0.05, 0.1) is 4.88 Å². The van der Waals surface area contributed by atoms with Gasteiger partial charge >= 0.3 is 6.18 Å². The molecule has 4 nitrogen and oxygen atoms in total. The van der Waals surface area contributed by atoms with Gasteiger partial charge < -0.3 is 10.6 Å². The molecular formula is C16H19ClF3N3OS. The SMILES string of the molecule is Cl.O=C(NCC(N1CCNCC1)C(F)(F)F)c1cc2ccccc2s1. The highest BCUT2D eigenvalue weighted by Crippen LogP contribution is 2.27. The summed E-state index contributed by atoms with van der Waals surface area (Å²) >= 11 is 1.28. The van der Waals surface area contributed by atoms with Crippen LogP contribution in [0.3, 0.4) is 0 Å². The third kappa shape index (κ3) is 4.84. The van der Waals surface area contributed by atoms with Gasteiger partial charge in [0.15, 0.2) is 0 Å². The lowest BCUT2D eigenvalue weighted by Crippen LogP contribution is -2.57. The third-order valence-corrected chi connectivity index (χ3v) is 5.19. The molecule has 0 radical (unpaired) electrons. The molecule has 2 heterocycles. The quantitative estimate of drug-likeness (QED) is 0.839. The molecule has 1 amide bonds. The minimum atomic E-state index is -4.37. The van der Waals surface area contributed by atoms with Crippen molar-refractivity contribution in [3.05, 3.63) is 35.2 Å². The maximum atomic E-state index is 13.3. The summed E-state index contributed by atoms with van der Waals surface area (Å²) in [6.45, 7) is 1.26. The largest absolute Gasteiger partial charge is 0.405 e. The smallest absolute Gasteiger partial charge is 0.349 e. The van der Waals surface area contributed by atoms with Crippen LogP contribution >= 0.6 is 23.7 Å². The van der Waals surface area contributed by atoms with Crippen molar-refractivity contribution in [3.63, 3.8) is 0 Å². The number of piperazine rings is 1. The number of carbonyl (C=O) groups excluding carboxylic acids is 1. The molecule has 0 aliphatic carbocycles. The van der Waals surface area contributed by atoms with Crippen molar-refractivity contribution in [3.8, 4) is 0 Å². The summed E-state index contributed by atoms with van der Waals surface area (Å²) in [5.74, 6) is -0.458. The molecule has 2 N–H and O–H groups in total. The van der Waals surface area contributed by atoms with Crippen molar-refractivity contribution in [2.75, 3.05) is 32.7 Å². The molecule has 25 heavy (non-hydrogen) atoms. The number of alkyl halides is 3. The van der Waals surface area contributed by atoms with Crippen LogP contribution in [0.15, 0.2) is 30.3 Å². The van der Waals surface area contributed by atoms with Crippen molar-refractivity contribution in [1.29, 1.82) is 0 Å². The van der Waals surface area contributed by atoms with Gasteiger partial charge in [-0.15, -0.1) is 23.7 Å². The third-order valence-electron chi connectivity index (χ3n) is 4.08. The topological polar surface area (TPSA) is 44.4 Å². The molecule has 1 aliphatic heterocycles. The van der Waals surface area contributed by atoms with Gasteiger partial charge in [0.25, 0.3) is 5.91 Å². The summed E-state index contributed by atoms with van der Waals surface area (Å²) in [6.07, 6.45) is -4.37. The maximum absolute atomic E-state index is 13.3. The van der Waals surface area contributed by atoms with Crippen LogP contribution in [0.1, 0.15) is 9.67 Å². The monoisotopic (exact) mass is 393 g/mol. The highest BCUT2D eigenvalue weighted by atomic mass is 35.5. The number of halogens is 4. The van der Waals surface area contributed by atoms with Crippen LogP contribution in [0.5, 0.6) is 0 Å². The first-order valence-corrected chi connectivity index (χ1v) is 8.55. The number of nitrogens with one attached hydrogen (secondary N) is 2. The summed E-state index contributed by atoms with van der Waals surface area (Å²) < 4.78 is 40.9. The zero-order chi connectivity index (χ0) is 17.2. The van der Waals surface area contributed by atoms with E-state index >= 15 is 0 Å². The van der Waals surface area contributed by atoms with Gasteiger partial charge in [-0.1, -0.05) is 18.2 Å². The van der Waals surface area contributed by atoms with Gasteiger partial charge in [0.1, 0.15) is 6.04 Å². The average molecular weight is 394 g/mol. The number of hydrogen-bond donors (Lipinski definition) is 2. The zero-order valence-corrected chi connectivity index (χ0v) is 14.9. The van der Waals surface area contributed by atoms with E-state index in [1.807, 2.05) is 24.3 Å². The Balaban J connectivity index is 0.00000225. The second-order valence-electron chi connectivity index (χ2n) is 5.70. The minimum absolute atomic E-state index is 0. The van der Waals surface area contributed by atoms with Crippen LogP contribution in [0, 0.1) is 0 Å². The van der Waals surface area contributed by atoms with Crippen LogP contribution in [0.25, 0.3) is 10.1 Å². The second kappa shape index (κ2) is 8.35. The van der Waals surface area contributed by atoms with Gasteiger partial charge in [0, 0.05) is 37.4 Å². The molecule has 1 unspecified atom stereocenters. The maximum Gasteiger partial charge on any atom is 0.405 e. The lowest BCUT2D eigenvalue weighted by molar-refractivity contribution is -0.183. The van der Waals surface area contributed by atoms with E-state index in [9.17, 15) is 18.0 Å². The normalized spacial score (nSPS) is 17.1. The first-order chi connectivity index (χ1) is 11.4. The molecule has 1 fully saturated rings. The molecule has 1 aromatic carbocycles. The van der Waals surface area contributed by atoms with Gasteiger partial charge in [0.2, 0.25) is 0 Å². The summed E-state index contributed by atoms with van der Waals surface area (Å²) in [6, 6.07) is 7.55. The molecular weight excluding hydrogens is 375 g/mol. The molecule has 1 atom stereocenters. The van der Waals surface area contributed by atoms with Gasteiger partial charge in [-0.25, -0.2) is 0 Å². The predicted molar refractivity (Wildman–Crippen MR) is 95.7 cm³/mol. The Morgan fingerprint density at radius 2 is 1.96 bits per heavy atom. The Morgan fingerprint density at radius 1 is 1.28 bits per heavy atom.